The molecule has 0 aromatic heterocycles. The molecule has 27 heavy (non-hydrogen) atoms. The summed E-state index contributed by atoms with van der Waals surface area (Å²) in [6.45, 7) is 1.03. The molecule has 6 nitrogen and oxygen atoms in total. The van der Waals surface area contributed by atoms with Gasteiger partial charge >= 0.3 is 18.0 Å². The van der Waals surface area contributed by atoms with Crippen molar-refractivity contribution in [3.05, 3.63) is 53.1 Å². The zero-order valence-electron chi connectivity index (χ0n) is 13.8. The summed E-state index contributed by atoms with van der Waals surface area (Å²) >= 11 is 5.56. The van der Waals surface area contributed by atoms with E-state index in [0.717, 1.165) is 19.1 Å². The maximum atomic E-state index is 13.1. The molecule has 0 unspecified atom stereocenters. The third-order valence-electron chi connectivity index (χ3n) is 3.38. The van der Waals surface area contributed by atoms with Crippen LogP contribution in [0.5, 0.6) is 0 Å². The maximum Gasteiger partial charge on any atom is 0.418 e. The van der Waals surface area contributed by atoms with Gasteiger partial charge in [-0.15, -0.1) is 0 Å². The molecule has 142 valence electrons. The van der Waals surface area contributed by atoms with Gasteiger partial charge in [-0.1, -0.05) is 17.7 Å². The first kappa shape index (κ1) is 20.2. The smallest absolute Gasteiger partial charge is 0.399 e. The minimum Gasteiger partial charge on any atom is -0.399 e. The van der Waals surface area contributed by atoms with E-state index in [2.05, 4.69) is 0 Å². The molecule has 0 aliphatic carbocycles. The van der Waals surface area contributed by atoms with Gasteiger partial charge in [0.15, 0.2) is 0 Å². The Balaban J connectivity index is 2.35. The van der Waals surface area contributed by atoms with Crippen LogP contribution in [0.1, 0.15) is 12.5 Å². The highest BCUT2D eigenvalue weighted by molar-refractivity contribution is 6.48. The number of benzene rings is 2. The Hall–Kier alpha value is -3.07. The van der Waals surface area contributed by atoms with E-state index in [4.69, 9.17) is 17.3 Å². The van der Waals surface area contributed by atoms with Gasteiger partial charge in [-0.3, -0.25) is 14.4 Å². The Kier molecular flexibility index (Phi) is 5.75. The van der Waals surface area contributed by atoms with Crippen LogP contribution >= 0.6 is 11.6 Å². The topological polar surface area (TPSA) is 92.5 Å². The van der Waals surface area contributed by atoms with Gasteiger partial charge in [-0.2, -0.15) is 13.2 Å². The Bertz CT molecular complexity index is 916. The second kappa shape index (κ2) is 7.67. The van der Waals surface area contributed by atoms with E-state index in [-0.39, 0.29) is 16.4 Å². The number of carbonyl (C=O) groups excluding carboxylic acids is 3. The van der Waals surface area contributed by atoms with Crippen LogP contribution in [-0.4, -0.2) is 17.7 Å². The number of imide groups is 1. The molecule has 0 spiro atoms. The lowest BCUT2D eigenvalue weighted by Gasteiger charge is -2.20. The standard InChI is InChI=1S/C17H13ClF3N3O3/c1-9(25)24(12-4-2-3-11(22)8-12)16(27)15(26)23-14-6-5-10(18)7-13(14)17(19,20)21/h2-8H,22H2,1H3,(H,23,26). The number of rotatable bonds is 2. The largest absolute Gasteiger partial charge is 0.418 e. The first-order valence-corrected chi connectivity index (χ1v) is 7.77. The van der Waals surface area contributed by atoms with E-state index in [0.29, 0.717) is 11.0 Å². The Morgan fingerprint density at radius 2 is 1.78 bits per heavy atom. The molecule has 0 aliphatic heterocycles. The Morgan fingerprint density at radius 3 is 2.33 bits per heavy atom. The maximum absolute atomic E-state index is 13.1. The second-order valence-electron chi connectivity index (χ2n) is 5.40. The van der Waals surface area contributed by atoms with Gasteiger partial charge in [0.2, 0.25) is 5.91 Å². The molecule has 3 amide bonds. The predicted octanol–water partition coefficient (Wildman–Crippen LogP) is 3.46. The van der Waals surface area contributed by atoms with Gasteiger partial charge in [0.1, 0.15) is 0 Å². The molecule has 0 fully saturated rings. The van der Waals surface area contributed by atoms with Gasteiger partial charge in [0, 0.05) is 17.6 Å². The van der Waals surface area contributed by atoms with Crippen LogP contribution in [0, 0.1) is 0 Å². The number of carbonyl (C=O) groups is 3. The molecule has 2 aromatic carbocycles. The van der Waals surface area contributed by atoms with E-state index in [9.17, 15) is 27.6 Å². The number of halogens is 4. The Morgan fingerprint density at radius 1 is 1.11 bits per heavy atom. The van der Waals surface area contributed by atoms with Crippen molar-refractivity contribution < 1.29 is 27.6 Å². The molecule has 2 aromatic rings. The number of amides is 3. The molecule has 3 N–H and O–H groups in total. The van der Waals surface area contributed by atoms with E-state index in [1.807, 2.05) is 5.32 Å². The number of hydrogen-bond acceptors (Lipinski definition) is 4. The van der Waals surface area contributed by atoms with Gasteiger partial charge in [-0.05, 0) is 36.4 Å². The normalized spacial score (nSPS) is 11.0. The van der Waals surface area contributed by atoms with Crippen molar-refractivity contribution in [2.45, 2.75) is 13.1 Å². The zero-order valence-corrected chi connectivity index (χ0v) is 14.6. The molecule has 0 atom stereocenters. The molecule has 0 saturated heterocycles. The van der Waals surface area contributed by atoms with Crippen LogP contribution in [0.3, 0.4) is 0 Å². The third kappa shape index (κ3) is 4.76. The number of nitrogen functional groups attached to an aromatic ring is 1. The molecule has 0 saturated carbocycles. The summed E-state index contributed by atoms with van der Waals surface area (Å²) in [5.41, 5.74) is 3.93. The SMILES string of the molecule is CC(=O)N(C(=O)C(=O)Nc1ccc(Cl)cc1C(F)(F)F)c1cccc(N)c1. The molecule has 0 aliphatic rings. The minimum absolute atomic E-state index is 0.00907. The molecular formula is C17H13ClF3N3O3. The average molecular weight is 400 g/mol. The van der Waals surface area contributed by atoms with Crippen LogP contribution in [0.2, 0.25) is 5.02 Å². The number of nitrogens with zero attached hydrogens (tertiary/aromatic N) is 1. The lowest BCUT2D eigenvalue weighted by Crippen LogP contribution is -2.43. The number of hydrogen-bond donors (Lipinski definition) is 2. The molecule has 10 heteroatoms. The van der Waals surface area contributed by atoms with Gasteiger partial charge in [-0.25, -0.2) is 4.90 Å². The second-order valence-corrected chi connectivity index (χ2v) is 5.83. The lowest BCUT2D eigenvalue weighted by atomic mass is 10.1. The van der Waals surface area contributed by atoms with E-state index < -0.39 is 35.1 Å². The van der Waals surface area contributed by atoms with Crippen LogP contribution < -0.4 is 16.0 Å². The number of anilines is 3. The van der Waals surface area contributed by atoms with Crippen molar-refractivity contribution in [3.8, 4) is 0 Å². The summed E-state index contributed by atoms with van der Waals surface area (Å²) in [5.74, 6) is -3.61. The lowest BCUT2D eigenvalue weighted by molar-refractivity contribution is -0.138. The minimum atomic E-state index is -4.81. The molecule has 0 bridgehead atoms. The van der Waals surface area contributed by atoms with Gasteiger partial charge < -0.3 is 11.1 Å². The fourth-order valence-electron chi connectivity index (χ4n) is 2.24. The van der Waals surface area contributed by atoms with Gasteiger partial charge in [0.25, 0.3) is 0 Å². The molecule has 0 heterocycles. The summed E-state index contributed by atoms with van der Waals surface area (Å²) in [6.07, 6.45) is -4.81. The van der Waals surface area contributed by atoms with Crippen molar-refractivity contribution >= 4 is 46.4 Å². The quantitative estimate of drug-likeness (QED) is 0.597. The van der Waals surface area contributed by atoms with E-state index >= 15 is 0 Å². The van der Waals surface area contributed by atoms with E-state index in [1.54, 1.807) is 0 Å². The average Bonchev–Trinajstić information content (AvgIpc) is 2.55. The zero-order chi connectivity index (χ0) is 20.4. The van der Waals surface area contributed by atoms with Crippen molar-refractivity contribution in [2.24, 2.45) is 0 Å². The first-order chi connectivity index (χ1) is 12.5. The highest BCUT2D eigenvalue weighted by Gasteiger charge is 2.35. The highest BCUT2D eigenvalue weighted by Crippen LogP contribution is 2.36. The number of nitrogens with two attached hydrogens (primary N) is 1. The number of alkyl halides is 3. The molecule has 0 radical (unpaired) electrons. The van der Waals surface area contributed by atoms with Crippen LogP contribution in [0.25, 0.3) is 0 Å². The van der Waals surface area contributed by atoms with Gasteiger partial charge in [0.05, 0.1) is 16.9 Å². The molecule has 2 rings (SSSR count). The van der Waals surface area contributed by atoms with Crippen molar-refractivity contribution in [3.63, 3.8) is 0 Å². The summed E-state index contributed by atoms with van der Waals surface area (Å²) in [6, 6.07) is 8.22. The third-order valence-corrected chi connectivity index (χ3v) is 3.61. The summed E-state index contributed by atoms with van der Waals surface area (Å²) in [5, 5.41) is 1.67. The monoisotopic (exact) mass is 399 g/mol. The first-order valence-electron chi connectivity index (χ1n) is 7.39. The van der Waals surface area contributed by atoms with Crippen molar-refractivity contribution in [2.75, 3.05) is 16.0 Å². The predicted molar refractivity (Wildman–Crippen MR) is 94.1 cm³/mol. The van der Waals surface area contributed by atoms with E-state index in [1.165, 1.54) is 24.3 Å². The van der Waals surface area contributed by atoms with Crippen LogP contribution in [-0.2, 0) is 20.6 Å². The van der Waals surface area contributed by atoms with Crippen molar-refractivity contribution in [1.82, 2.24) is 0 Å². The van der Waals surface area contributed by atoms with Crippen molar-refractivity contribution in [1.29, 1.82) is 0 Å². The fourth-order valence-corrected chi connectivity index (χ4v) is 2.42. The summed E-state index contributed by atoms with van der Waals surface area (Å²) < 4.78 is 39.3. The van der Waals surface area contributed by atoms with Crippen LogP contribution in [0.4, 0.5) is 30.2 Å². The Labute approximate surface area is 156 Å². The fraction of sp³-hybridized carbons (Fsp3) is 0.118. The number of nitrogens with one attached hydrogen (secondary N) is 1. The summed E-state index contributed by atoms with van der Waals surface area (Å²) in [4.78, 5) is 36.9. The highest BCUT2D eigenvalue weighted by atomic mass is 35.5. The molecular weight excluding hydrogens is 387 g/mol. The summed E-state index contributed by atoms with van der Waals surface area (Å²) in [7, 11) is 0. The van der Waals surface area contributed by atoms with Crippen LogP contribution in [0.15, 0.2) is 42.5 Å².